The van der Waals surface area contributed by atoms with Gasteiger partial charge in [-0.05, 0) is 12.0 Å². The van der Waals surface area contributed by atoms with Gasteiger partial charge < -0.3 is 14.8 Å². The summed E-state index contributed by atoms with van der Waals surface area (Å²) < 4.78 is 3.45. The molecule has 0 aliphatic heterocycles. The van der Waals surface area contributed by atoms with Crippen LogP contribution in [0.5, 0.6) is 0 Å². The zero-order valence-corrected chi connectivity index (χ0v) is 11.7. The molecule has 0 fully saturated rings. The van der Waals surface area contributed by atoms with E-state index in [1.807, 2.05) is 13.2 Å². The Hall–Kier alpha value is -1.87. The Balaban J connectivity index is 2.07. The van der Waals surface area contributed by atoms with Gasteiger partial charge in [-0.2, -0.15) is 5.10 Å². The minimum Gasteiger partial charge on any atom is -0.481 e. The number of aliphatic carboxylic acids is 1. The van der Waals surface area contributed by atoms with Crippen molar-refractivity contribution in [3.05, 3.63) is 23.8 Å². The zero-order valence-electron chi connectivity index (χ0n) is 10.9. The van der Waals surface area contributed by atoms with Gasteiger partial charge in [-0.25, -0.2) is 0 Å². The minimum absolute atomic E-state index is 0.0869. The highest BCUT2D eigenvalue weighted by molar-refractivity contribution is 7.99. The lowest BCUT2D eigenvalue weighted by atomic mass is 10.2. The van der Waals surface area contributed by atoms with Crippen molar-refractivity contribution in [3.8, 4) is 0 Å². The monoisotopic (exact) mass is 297 g/mol. The van der Waals surface area contributed by atoms with E-state index in [2.05, 4.69) is 15.3 Å². The van der Waals surface area contributed by atoms with Gasteiger partial charge in [-0.3, -0.25) is 9.48 Å². The summed E-state index contributed by atoms with van der Waals surface area (Å²) >= 11 is 1.09. The largest absolute Gasteiger partial charge is 0.481 e. The molecule has 8 nitrogen and oxygen atoms in total. The fraction of sp³-hybridized carbons (Fsp3) is 0.455. The van der Waals surface area contributed by atoms with Gasteiger partial charge >= 0.3 is 5.97 Å². The number of rotatable bonds is 7. The second-order valence-electron chi connectivity index (χ2n) is 4.16. The SMILES string of the molecule is Cn1cc(CCn2c(CO)nnc2SCC(=O)O)cn1. The molecule has 0 saturated carbocycles. The minimum atomic E-state index is -0.914. The molecule has 0 saturated heterocycles. The van der Waals surface area contributed by atoms with Gasteiger partial charge in [0.15, 0.2) is 11.0 Å². The lowest BCUT2D eigenvalue weighted by molar-refractivity contribution is -0.133. The fourth-order valence-corrected chi connectivity index (χ4v) is 2.44. The van der Waals surface area contributed by atoms with Gasteiger partial charge in [0.25, 0.3) is 0 Å². The first-order valence-electron chi connectivity index (χ1n) is 5.95. The molecule has 2 N–H and O–H groups in total. The molecule has 0 atom stereocenters. The second kappa shape index (κ2) is 6.53. The highest BCUT2D eigenvalue weighted by atomic mass is 32.2. The quantitative estimate of drug-likeness (QED) is 0.689. The normalized spacial score (nSPS) is 10.9. The number of aryl methyl sites for hydroxylation is 2. The molecule has 20 heavy (non-hydrogen) atoms. The van der Waals surface area contributed by atoms with Crippen molar-refractivity contribution in [1.82, 2.24) is 24.5 Å². The average molecular weight is 297 g/mol. The van der Waals surface area contributed by atoms with E-state index in [4.69, 9.17) is 5.11 Å². The number of carboxylic acid groups (broad SMARTS) is 1. The molecule has 2 heterocycles. The molecule has 0 aliphatic rings. The third-order valence-electron chi connectivity index (χ3n) is 2.64. The summed E-state index contributed by atoms with van der Waals surface area (Å²) in [7, 11) is 1.84. The molecule has 9 heteroatoms. The molecular formula is C11H15N5O3S. The smallest absolute Gasteiger partial charge is 0.313 e. The van der Waals surface area contributed by atoms with E-state index in [9.17, 15) is 9.90 Å². The number of hydrogen-bond acceptors (Lipinski definition) is 6. The standard InChI is InChI=1S/C11H15N5O3S/c1-15-5-8(4-12-15)2-3-16-9(6-17)13-14-11(16)20-7-10(18)19/h4-5,17H,2-3,6-7H2,1H3,(H,18,19). The van der Waals surface area contributed by atoms with Crippen LogP contribution in [0, 0.1) is 0 Å². The van der Waals surface area contributed by atoms with Crippen LogP contribution in [-0.2, 0) is 31.4 Å². The fourth-order valence-electron chi connectivity index (χ4n) is 1.74. The third kappa shape index (κ3) is 3.58. The number of aliphatic hydroxyl groups excluding tert-OH is 1. The highest BCUT2D eigenvalue weighted by Crippen LogP contribution is 2.17. The molecule has 2 rings (SSSR count). The number of aromatic nitrogens is 5. The van der Waals surface area contributed by atoms with Crippen LogP contribution in [0.1, 0.15) is 11.4 Å². The predicted molar refractivity (Wildman–Crippen MR) is 71.2 cm³/mol. The first-order chi connectivity index (χ1) is 9.60. The summed E-state index contributed by atoms with van der Waals surface area (Å²) in [6.45, 7) is 0.338. The van der Waals surface area contributed by atoms with Crippen LogP contribution in [0.15, 0.2) is 17.6 Å². The Bertz CT molecular complexity index is 595. The van der Waals surface area contributed by atoms with Crippen molar-refractivity contribution in [2.24, 2.45) is 7.05 Å². The second-order valence-corrected chi connectivity index (χ2v) is 5.11. The van der Waals surface area contributed by atoms with Crippen molar-refractivity contribution < 1.29 is 15.0 Å². The molecular weight excluding hydrogens is 282 g/mol. The predicted octanol–water partition coefficient (Wildman–Crippen LogP) is -0.0767. The summed E-state index contributed by atoms with van der Waals surface area (Å²) in [6.07, 6.45) is 4.39. The van der Waals surface area contributed by atoms with Crippen molar-refractivity contribution in [2.75, 3.05) is 5.75 Å². The van der Waals surface area contributed by atoms with E-state index in [0.717, 1.165) is 17.3 Å². The molecule has 0 radical (unpaired) electrons. The molecule has 0 aromatic carbocycles. The van der Waals surface area contributed by atoms with Crippen LogP contribution < -0.4 is 0 Å². The molecule has 2 aromatic rings. The highest BCUT2D eigenvalue weighted by Gasteiger charge is 2.13. The van der Waals surface area contributed by atoms with Crippen molar-refractivity contribution in [1.29, 1.82) is 0 Å². The van der Waals surface area contributed by atoms with E-state index in [1.165, 1.54) is 0 Å². The van der Waals surface area contributed by atoms with Crippen LogP contribution in [0.2, 0.25) is 0 Å². The molecule has 0 bridgehead atoms. The van der Waals surface area contributed by atoms with E-state index < -0.39 is 5.97 Å². The summed E-state index contributed by atoms with van der Waals surface area (Å²) in [6, 6.07) is 0. The Kier molecular flexibility index (Phi) is 4.74. The van der Waals surface area contributed by atoms with Gasteiger partial charge in [0.05, 0.1) is 11.9 Å². The maximum Gasteiger partial charge on any atom is 0.313 e. The number of carboxylic acids is 1. The molecule has 0 aliphatic carbocycles. The number of carbonyl (C=O) groups is 1. The van der Waals surface area contributed by atoms with Crippen LogP contribution in [0.25, 0.3) is 0 Å². The van der Waals surface area contributed by atoms with E-state index in [0.29, 0.717) is 23.9 Å². The van der Waals surface area contributed by atoms with Crippen molar-refractivity contribution in [2.45, 2.75) is 24.7 Å². The third-order valence-corrected chi connectivity index (χ3v) is 3.59. The van der Waals surface area contributed by atoms with Gasteiger partial charge in [0.2, 0.25) is 0 Å². The number of thioether (sulfide) groups is 1. The first-order valence-corrected chi connectivity index (χ1v) is 6.93. The summed E-state index contributed by atoms with van der Waals surface area (Å²) in [5, 5.41) is 30.3. The van der Waals surface area contributed by atoms with Crippen LogP contribution >= 0.6 is 11.8 Å². The number of hydrogen-bond donors (Lipinski definition) is 2. The molecule has 2 aromatic heterocycles. The molecule has 0 amide bonds. The van der Waals surface area contributed by atoms with E-state index in [-0.39, 0.29) is 12.4 Å². The van der Waals surface area contributed by atoms with Gasteiger partial charge in [0.1, 0.15) is 6.61 Å². The van der Waals surface area contributed by atoms with E-state index in [1.54, 1.807) is 15.4 Å². The Morgan fingerprint density at radius 3 is 2.85 bits per heavy atom. The van der Waals surface area contributed by atoms with Crippen LogP contribution in [0.3, 0.4) is 0 Å². The van der Waals surface area contributed by atoms with Crippen LogP contribution in [-0.4, -0.2) is 46.5 Å². The Morgan fingerprint density at radius 2 is 2.25 bits per heavy atom. The maximum atomic E-state index is 10.6. The maximum absolute atomic E-state index is 10.6. The average Bonchev–Trinajstić information content (AvgIpc) is 2.99. The van der Waals surface area contributed by atoms with Gasteiger partial charge in [0, 0.05) is 19.8 Å². The Morgan fingerprint density at radius 1 is 1.45 bits per heavy atom. The Labute approximate surface area is 119 Å². The summed E-state index contributed by atoms with van der Waals surface area (Å²) in [5.74, 6) is -0.569. The molecule has 108 valence electrons. The first kappa shape index (κ1) is 14.5. The number of nitrogens with zero attached hydrogens (tertiary/aromatic N) is 5. The lowest BCUT2D eigenvalue weighted by Gasteiger charge is -2.07. The van der Waals surface area contributed by atoms with Gasteiger partial charge in [-0.1, -0.05) is 11.8 Å². The van der Waals surface area contributed by atoms with Crippen molar-refractivity contribution in [3.63, 3.8) is 0 Å². The van der Waals surface area contributed by atoms with Crippen molar-refractivity contribution >= 4 is 17.7 Å². The topological polar surface area (TPSA) is 106 Å². The molecule has 0 spiro atoms. The molecule has 0 unspecified atom stereocenters. The number of aliphatic hydroxyl groups is 1. The van der Waals surface area contributed by atoms with Gasteiger partial charge in [-0.15, -0.1) is 10.2 Å². The summed E-state index contributed by atoms with van der Waals surface area (Å²) in [4.78, 5) is 10.6. The summed E-state index contributed by atoms with van der Waals surface area (Å²) in [5.41, 5.74) is 1.05. The zero-order chi connectivity index (χ0) is 14.5. The van der Waals surface area contributed by atoms with Crippen LogP contribution in [0.4, 0.5) is 0 Å². The van der Waals surface area contributed by atoms with E-state index >= 15 is 0 Å². The lowest BCUT2D eigenvalue weighted by Crippen LogP contribution is -2.08.